The molecule has 4 aliphatic rings. The monoisotopic (exact) mass is 640 g/mol. The van der Waals surface area contributed by atoms with Crippen molar-refractivity contribution in [2.45, 2.75) is 71.0 Å². The van der Waals surface area contributed by atoms with Gasteiger partial charge in [-0.15, -0.1) is 0 Å². The van der Waals surface area contributed by atoms with E-state index >= 15 is 0 Å². The molecule has 0 spiro atoms. The molecule has 8 nitrogen and oxygen atoms in total. The van der Waals surface area contributed by atoms with Gasteiger partial charge in [0.05, 0.1) is 64.0 Å². The number of fused-ring (bicyclic) bond motifs is 5. The Balaban J connectivity index is 0.971. The Bertz CT molecular complexity index is 1460. The van der Waals surface area contributed by atoms with Crippen LogP contribution in [0.15, 0.2) is 60.7 Å². The van der Waals surface area contributed by atoms with Gasteiger partial charge in [-0.05, 0) is 91.5 Å². The van der Waals surface area contributed by atoms with Gasteiger partial charge in [-0.3, -0.25) is 0 Å². The minimum Gasteiger partial charge on any atom is -0.423 e. The van der Waals surface area contributed by atoms with Crippen LogP contribution < -0.4 is 9.47 Å². The summed E-state index contributed by atoms with van der Waals surface area (Å²) >= 11 is 0. The third-order valence-electron chi connectivity index (χ3n) is 10.7. The maximum atomic E-state index is 13.2. The SMILES string of the molecule is CCC1(COCc2ccc(C(=O)Oc3ccc(OC(=O)c4ccc(COCC5(CC)COC5)cc4)c4c3C3CCC4C3)cc2)COC1. The van der Waals surface area contributed by atoms with E-state index in [1.54, 1.807) is 36.4 Å². The van der Waals surface area contributed by atoms with E-state index in [0.717, 1.165) is 80.8 Å². The fourth-order valence-electron chi connectivity index (χ4n) is 7.25. The van der Waals surface area contributed by atoms with Crippen molar-refractivity contribution in [3.63, 3.8) is 0 Å². The zero-order valence-corrected chi connectivity index (χ0v) is 27.4. The summed E-state index contributed by atoms with van der Waals surface area (Å²) in [6.07, 6.45) is 5.13. The van der Waals surface area contributed by atoms with Crippen LogP contribution in [0.2, 0.25) is 0 Å². The van der Waals surface area contributed by atoms with Crippen molar-refractivity contribution in [3.05, 3.63) is 94.0 Å². The molecule has 0 amide bonds. The van der Waals surface area contributed by atoms with Crippen molar-refractivity contribution in [1.82, 2.24) is 0 Å². The predicted octanol–water partition coefficient (Wildman–Crippen LogP) is 7.38. The number of hydrogen-bond donors (Lipinski definition) is 0. The molecule has 2 aliphatic carbocycles. The minimum absolute atomic E-state index is 0.141. The molecule has 2 heterocycles. The summed E-state index contributed by atoms with van der Waals surface area (Å²) in [7, 11) is 0. The van der Waals surface area contributed by atoms with Crippen molar-refractivity contribution >= 4 is 11.9 Å². The molecule has 2 saturated heterocycles. The highest BCUT2D eigenvalue weighted by molar-refractivity contribution is 5.92. The number of benzene rings is 3. The topological polar surface area (TPSA) is 89.5 Å². The third-order valence-corrected chi connectivity index (χ3v) is 10.7. The van der Waals surface area contributed by atoms with Crippen LogP contribution in [0.4, 0.5) is 0 Å². The Kier molecular flexibility index (Phi) is 9.20. The van der Waals surface area contributed by atoms with E-state index < -0.39 is 11.9 Å². The second-order valence-corrected chi connectivity index (χ2v) is 13.9. The maximum Gasteiger partial charge on any atom is 0.343 e. The third kappa shape index (κ3) is 6.61. The predicted molar refractivity (Wildman–Crippen MR) is 175 cm³/mol. The van der Waals surface area contributed by atoms with Crippen LogP contribution in [0.3, 0.4) is 0 Å². The number of rotatable bonds is 14. The summed E-state index contributed by atoms with van der Waals surface area (Å²) in [6.45, 7) is 9.66. The van der Waals surface area contributed by atoms with Crippen LogP contribution in [-0.2, 0) is 32.2 Å². The number of hydrogen-bond acceptors (Lipinski definition) is 8. The highest BCUT2D eigenvalue weighted by Gasteiger charge is 2.42. The molecule has 2 bridgehead atoms. The molecule has 3 aromatic rings. The summed E-state index contributed by atoms with van der Waals surface area (Å²) in [5.74, 6) is 0.888. The van der Waals surface area contributed by atoms with Gasteiger partial charge in [0, 0.05) is 22.0 Å². The number of esters is 2. The largest absolute Gasteiger partial charge is 0.423 e. The highest BCUT2D eigenvalue weighted by Crippen LogP contribution is 2.58. The van der Waals surface area contributed by atoms with Gasteiger partial charge in [-0.25, -0.2) is 9.59 Å². The Hall–Kier alpha value is -3.56. The maximum absolute atomic E-state index is 13.2. The van der Waals surface area contributed by atoms with E-state index in [0.29, 0.717) is 60.9 Å². The second kappa shape index (κ2) is 13.5. The molecule has 0 N–H and O–H groups in total. The molecule has 47 heavy (non-hydrogen) atoms. The zero-order valence-electron chi connectivity index (χ0n) is 27.4. The number of carbonyl (C=O) groups is 2. The number of ether oxygens (including phenoxy) is 6. The van der Waals surface area contributed by atoms with Crippen LogP contribution in [0.1, 0.15) is 101 Å². The van der Waals surface area contributed by atoms with Crippen molar-refractivity contribution in [3.8, 4) is 11.5 Å². The summed E-state index contributed by atoms with van der Waals surface area (Å²) < 4.78 is 34.6. The highest BCUT2D eigenvalue weighted by atomic mass is 16.5. The molecule has 248 valence electrons. The molecular weight excluding hydrogens is 596 g/mol. The standard InChI is InChI=1S/C39H44O8/c1-3-38(22-44-23-38)20-42-18-26-5-9-28(10-6-26)36(40)46-32-15-16-33(35-31-14-13-30(17-31)34(32)35)47-37(41)29-11-7-27(8-12-29)19-43-21-39(4-2)24-45-25-39/h5-12,15-16,30-31H,3-4,13-14,17-25H2,1-2H3. The van der Waals surface area contributed by atoms with Gasteiger partial charge < -0.3 is 28.4 Å². The second-order valence-electron chi connectivity index (χ2n) is 13.9. The van der Waals surface area contributed by atoms with E-state index in [1.807, 2.05) is 24.3 Å². The molecule has 7 rings (SSSR count). The van der Waals surface area contributed by atoms with Crippen LogP contribution in [0, 0.1) is 10.8 Å². The van der Waals surface area contributed by atoms with Crippen molar-refractivity contribution in [1.29, 1.82) is 0 Å². The zero-order chi connectivity index (χ0) is 32.4. The first-order valence-electron chi connectivity index (χ1n) is 17.0. The fourth-order valence-corrected chi connectivity index (χ4v) is 7.25. The Labute approximate surface area is 276 Å². The molecule has 0 radical (unpaired) electrons. The van der Waals surface area contributed by atoms with Gasteiger partial charge >= 0.3 is 11.9 Å². The van der Waals surface area contributed by atoms with Crippen molar-refractivity contribution in [2.24, 2.45) is 10.8 Å². The lowest BCUT2D eigenvalue weighted by Gasteiger charge is -2.40. The van der Waals surface area contributed by atoms with Crippen molar-refractivity contribution < 1.29 is 38.0 Å². The van der Waals surface area contributed by atoms with E-state index in [2.05, 4.69) is 13.8 Å². The Morgan fingerprint density at radius 2 is 1.04 bits per heavy atom. The molecule has 2 aliphatic heterocycles. The van der Waals surface area contributed by atoms with E-state index in [9.17, 15) is 9.59 Å². The average Bonchev–Trinajstić information content (AvgIpc) is 3.69. The van der Waals surface area contributed by atoms with Crippen molar-refractivity contribution in [2.75, 3.05) is 39.6 Å². The summed E-state index contributed by atoms with van der Waals surface area (Å²) in [5.41, 5.74) is 5.26. The molecule has 1 saturated carbocycles. The van der Waals surface area contributed by atoms with E-state index in [4.69, 9.17) is 28.4 Å². The van der Waals surface area contributed by atoms with Gasteiger partial charge in [-0.2, -0.15) is 0 Å². The lowest BCUT2D eigenvalue weighted by atomic mass is 9.84. The average molecular weight is 641 g/mol. The lowest BCUT2D eigenvalue weighted by Crippen LogP contribution is -2.45. The van der Waals surface area contributed by atoms with Gasteiger partial charge in [0.2, 0.25) is 0 Å². The van der Waals surface area contributed by atoms with Crippen LogP contribution in [0.5, 0.6) is 11.5 Å². The summed E-state index contributed by atoms with van der Waals surface area (Å²) in [5, 5.41) is 0. The van der Waals surface area contributed by atoms with E-state index in [1.165, 1.54) is 0 Å². The fraction of sp³-hybridized carbons (Fsp3) is 0.487. The molecule has 0 aromatic heterocycles. The van der Waals surface area contributed by atoms with Gasteiger partial charge in [0.15, 0.2) is 0 Å². The van der Waals surface area contributed by atoms with Gasteiger partial charge in [0.1, 0.15) is 11.5 Å². The molecule has 2 atom stereocenters. The minimum atomic E-state index is -0.404. The molecule has 3 aromatic carbocycles. The van der Waals surface area contributed by atoms with E-state index in [-0.39, 0.29) is 10.8 Å². The van der Waals surface area contributed by atoms with Crippen LogP contribution in [0.25, 0.3) is 0 Å². The lowest BCUT2D eigenvalue weighted by molar-refractivity contribution is -0.152. The first-order valence-corrected chi connectivity index (χ1v) is 17.0. The molecule has 2 unspecified atom stereocenters. The van der Waals surface area contributed by atoms with Gasteiger partial charge in [-0.1, -0.05) is 38.1 Å². The smallest absolute Gasteiger partial charge is 0.343 e. The number of carbonyl (C=O) groups excluding carboxylic acids is 2. The molecule has 8 heteroatoms. The first kappa shape index (κ1) is 32.0. The van der Waals surface area contributed by atoms with Crippen LogP contribution in [-0.4, -0.2) is 51.6 Å². The first-order chi connectivity index (χ1) is 22.9. The molecule has 3 fully saturated rings. The summed E-state index contributed by atoms with van der Waals surface area (Å²) in [6, 6.07) is 18.3. The molecular formula is C39H44O8. The Morgan fingerprint density at radius 3 is 1.38 bits per heavy atom. The normalized spacial score (nSPS) is 21.4. The Morgan fingerprint density at radius 1 is 0.638 bits per heavy atom. The van der Waals surface area contributed by atoms with Gasteiger partial charge in [0.25, 0.3) is 0 Å². The quantitative estimate of drug-likeness (QED) is 0.133. The summed E-state index contributed by atoms with van der Waals surface area (Å²) in [4.78, 5) is 26.4. The van der Waals surface area contributed by atoms with Crippen LogP contribution >= 0.6 is 0 Å².